The summed E-state index contributed by atoms with van der Waals surface area (Å²) in [6, 6.07) is 7.87. The number of rotatable bonds is 6. The van der Waals surface area contributed by atoms with E-state index < -0.39 is 9.84 Å². The Labute approximate surface area is 123 Å². The summed E-state index contributed by atoms with van der Waals surface area (Å²) < 4.78 is 24.6. The molecule has 0 fully saturated rings. The van der Waals surface area contributed by atoms with Crippen LogP contribution >= 0.6 is 27.5 Å². The minimum atomic E-state index is -2.99. The standard InChI is InChI=1S/C13H18BrClO2S/c1-10(2)18(16,17)7-6-12(9-15)11-4-3-5-13(14)8-11/h3-5,8,10,12H,6-7,9H2,1-2H3. The monoisotopic (exact) mass is 352 g/mol. The van der Waals surface area contributed by atoms with Crippen molar-refractivity contribution in [1.82, 2.24) is 0 Å². The van der Waals surface area contributed by atoms with Gasteiger partial charge >= 0.3 is 0 Å². The first-order valence-corrected chi connectivity index (χ1v) is 8.94. The van der Waals surface area contributed by atoms with Crippen molar-refractivity contribution in [3.63, 3.8) is 0 Å². The van der Waals surface area contributed by atoms with Gasteiger partial charge in [0.15, 0.2) is 9.84 Å². The zero-order valence-electron chi connectivity index (χ0n) is 10.6. The maximum atomic E-state index is 11.8. The average Bonchev–Trinajstić information content (AvgIpc) is 2.29. The van der Waals surface area contributed by atoms with E-state index in [0.29, 0.717) is 12.3 Å². The summed E-state index contributed by atoms with van der Waals surface area (Å²) >= 11 is 9.36. The Morgan fingerprint density at radius 2 is 2.00 bits per heavy atom. The van der Waals surface area contributed by atoms with Gasteiger partial charge in [-0.1, -0.05) is 28.1 Å². The molecule has 2 nitrogen and oxygen atoms in total. The first kappa shape index (κ1) is 16.0. The quantitative estimate of drug-likeness (QED) is 0.725. The van der Waals surface area contributed by atoms with Crippen LogP contribution in [-0.2, 0) is 9.84 Å². The highest BCUT2D eigenvalue weighted by atomic mass is 79.9. The highest BCUT2D eigenvalue weighted by Crippen LogP contribution is 2.25. The number of hydrogen-bond acceptors (Lipinski definition) is 2. The second-order valence-corrected chi connectivity index (χ2v) is 8.51. The lowest BCUT2D eigenvalue weighted by molar-refractivity contribution is 0.580. The molecule has 0 heterocycles. The zero-order valence-corrected chi connectivity index (χ0v) is 13.7. The molecule has 0 aliphatic rings. The lowest BCUT2D eigenvalue weighted by atomic mass is 9.99. The second-order valence-electron chi connectivity index (χ2n) is 4.61. The number of benzene rings is 1. The van der Waals surface area contributed by atoms with Crippen molar-refractivity contribution in [1.29, 1.82) is 0 Å². The van der Waals surface area contributed by atoms with E-state index in [9.17, 15) is 8.42 Å². The van der Waals surface area contributed by atoms with E-state index in [2.05, 4.69) is 15.9 Å². The fourth-order valence-electron chi connectivity index (χ4n) is 1.64. The summed E-state index contributed by atoms with van der Waals surface area (Å²) in [6.45, 7) is 3.42. The Hall–Kier alpha value is -0.0600. The van der Waals surface area contributed by atoms with Gasteiger partial charge in [-0.2, -0.15) is 0 Å². The number of halogens is 2. The minimum absolute atomic E-state index is 0.0812. The van der Waals surface area contributed by atoms with Crippen LogP contribution in [0.15, 0.2) is 28.7 Å². The van der Waals surface area contributed by atoms with E-state index in [-0.39, 0.29) is 16.9 Å². The average molecular weight is 354 g/mol. The zero-order chi connectivity index (χ0) is 13.8. The Morgan fingerprint density at radius 1 is 1.33 bits per heavy atom. The van der Waals surface area contributed by atoms with Gasteiger partial charge < -0.3 is 0 Å². The summed E-state index contributed by atoms with van der Waals surface area (Å²) in [6.07, 6.45) is 0.570. The maximum Gasteiger partial charge on any atom is 0.152 e. The van der Waals surface area contributed by atoms with E-state index in [1.54, 1.807) is 13.8 Å². The predicted octanol–water partition coefficient (Wildman–Crippen LogP) is 3.98. The first-order chi connectivity index (χ1) is 8.36. The molecule has 0 spiro atoms. The topological polar surface area (TPSA) is 34.1 Å². The fourth-order valence-corrected chi connectivity index (χ4v) is 3.47. The summed E-state index contributed by atoms with van der Waals surface area (Å²) in [5.41, 5.74) is 1.08. The third-order valence-corrected chi connectivity index (χ3v) is 6.08. The molecule has 0 bridgehead atoms. The molecule has 1 unspecified atom stereocenters. The molecule has 0 N–H and O–H groups in total. The Morgan fingerprint density at radius 3 is 2.50 bits per heavy atom. The van der Waals surface area contributed by atoms with Gasteiger partial charge in [-0.25, -0.2) is 8.42 Å². The molecule has 0 aliphatic carbocycles. The minimum Gasteiger partial charge on any atom is -0.229 e. The second kappa shape index (κ2) is 6.92. The predicted molar refractivity (Wildman–Crippen MR) is 81.1 cm³/mol. The smallest absolute Gasteiger partial charge is 0.152 e. The van der Waals surface area contributed by atoms with E-state index in [1.807, 2.05) is 24.3 Å². The van der Waals surface area contributed by atoms with Crippen LogP contribution in [0, 0.1) is 0 Å². The molecule has 1 rings (SSSR count). The molecule has 1 atom stereocenters. The summed E-state index contributed by atoms with van der Waals surface area (Å²) in [7, 11) is -2.99. The molecule has 5 heteroatoms. The van der Waals surface area contributed by atoms with Crippen LogP contribution in [0.4, 0.5) is 0 Å². The van der Waals surface area contributed by atoms with Gasteiger partial charge in [0.2, 0.25) is 0 Å². The summed E-state index contributed by atoms with van der Waals surface area (Å²) in [4.78, 5) is 0. The molecule has 0 saturated carbocycles. The Balaban J connectivity index is 2.75. The molecule has 18 heavy (non-hydrogen) atoms. The van der Waals surface area contributed by atoms with E-state index >= 15 is 0 Å². The van der Waals surface area contributed by atoms with Crippen molar-refractivity contribution < 1.29 is 8.42 Å². The van der Waals surface area contributed by atoms with Crippen LogP contribution in [0.25, 0.3) is 0 Å². The highest BCUT2D eigenvalue weighted by molar-refractivity contribution is 9.10. The van der Waals surface area contributed by atoms with E-state index in [0.717, 1.165) is 10.0 Å². The van der Waals surface area contributed by atoms with Crippen molar-refractivity contribution in [2.24, 2.45) is 0 Å². The lowest BCUT2D eigenvalue weighted by Gasteiger charge is -2.15. The number of alkyl halides is 1. The molecule has 0 aromatic heterocycles. The Kier molecular flexibility index (Phi) is 6.15. The van der Waals surface area contributed by atoms with Gasteiger partial charge in [0.25, 0.3) is 0 Å². The molecule has 0 saturated heterocycles. The van der Waals surface area contributed by atoms with Crippen LogP contribution in [0.3, 0.4) is 0 Å². The van der Waals surface area contributed by atoms with Gasteiger partial charge in [0.1, 0.15) is 0 Å². The van der Waals surface area contributed by atoms with Crippen molar-refractivity contribution >= 4 is 37.4 Å². The van der Waals surface area contributed by atoms with Gasteiger partial charge in [0, 0.05) is 10.4 Å². The van der Waals surface area contributed by atoms with Crippen LogP contribution < -0.4 is 0 Å². The highest BCUT2D eigenvalue weighted by Gasteiger charge is 2.19. The van der Waals surface area contributed by atoms with Crippen molar-refractivity contribution in [3.05, 3.63) is 34.3 Å². The van der Waals surface area contributed by atoms with Crippen molar-refractivity contribution in [3.8, 4) is 0 Å². The van der Waals surface area contributed by atoms with Gasteiger partial charge in [-0.15, -0.1) is 11.6 Å². The largest absolute Gasteiger partial charge is 0.229 e. The van der Waals surface area contributed by atoms with Crippen LogP contribution in [0.2, 0.25) is 0 Å². The third-order valence-electron chi connectivity index (χ3n) is 2.98. The Bertz CT molecular complexity index is 486. The molecule has 0 radical (unpaired) electrons. The van der Waals surface area contributed by atoms with Crippen LogP contribution in [-0.4, -0.2) is 25.3 Å². The van der Waals surface area contributed by atoms with Gasteiger partial charge in [-0.05, 0) is 43.9 Å². The normalized spacial score (nSPS) is 13.8. The number of hydrogen-bond donors (Lipinski definition) is 0. The maximum absolute atomic E-state index is 11.8. The lowest BCUT2D eigenvalue weighted by Crippen LogP contribution is -2.19. The molecule has 0 amide bonds. The van der Waals surface area contributed by atoms with Gasteiger partial charge in [0.05, 0.1) is 11.0 Å². The summed E-state index contributed by atoms with van der Waals surface area (Å²) in [5.74, 6) is 0.705. The fraction of sp³-hybridized carbons (Fsp3) is 0.538. The molecule has 1 aromatic carbocycles. The molecule has 0 aliphatic heterocycles. The molecule has 1 aromatic rings. The van der Waals surface area contributed by atoms with Crippen LogP contribution in [0.5, 0.6) is 0 Å². The molecule has 102 valence electrons. The molecular weight excluding hydrogens is 336 g/mol. The van der Waals surface area contributed by atoms with Crippen molar-refractivity contribution in [2.75, 3.05) is 11.6 Å². The van der Waals surface area contributed by atoms with Gasteiger partial charge in [-0.3, -0.25) is 0 Å². The van der Waals surface area contributed by atoms with E-state index in [4.69, 9.17) is 11.6 Å². The SMILES string of the molecule is CC(C)S(=O)(=O)CCC(CCl)c1cccc(Br)c1. The molecular formula is C13H18BrClO2S. The third kappa shape index (κ3) is 4.56. The van der Waals surface area contributed by atoms with E-state index in [1.165, 1.54) is 0 Å². The number of sulfone groups is 1. The summed E-state index contributed by atoms with van der Waals surface area (Å²) in [5, 5.41) is -0.323. The first-order valence-electron chi connectivity index (χ1n) is 5.90. The van der Waals surface area contributed by atoms with Crippen molar-refractivity contribution in [2.45, 2.75) is 31.4 Å². The van der Waals surface area contributed by atoms with Crippen LogP contribution in [0.1, 0.15) is 31.7 Å².